The number of carbonyl (C=O) groups is 1. The minimum atomic E-state index is -1.72. The lowest BCUT2D eigenvalue weighted by molar-refractivity contribution is -0.153. The van der Waals surface area contributed by atoms with Crippen molar-refractivity contribution in [2.24, 2.45) is 0 Å². The summed E-state index contributed by atoms with van der Waals surface area (Å²) < 4.78 is 18.4. The highest BCUT2D eigenvalue weighted by Gasteiger charge is 2.26. The van der Waals surface area contributed by atoms with Crippen LogP contribution in [-0.4, -0.2) is 17.7 Å². The minimum absolute atomic E-state index is 0.0412. The third-order valence-electron chi connectivity index (χ3n) is 1.86. The molecule has 16 heavy (non-hydrogen) atoms. The monoisotopic (exact) mass is 310 g/mol. The fourth-order valence-electron chi connectivity index (χ4n) is 1.13. The summed E-state index contributed by atoms with van der Waals surface area (Å²) >= 11 is 8.86. The van der Waals surface area contributed by atoms with E-state index in [2.05, 4.69) is 20.7 Å². The zero-order chi connectivity index (χ0) is 12.3. The van der Waals surface area contributed by atoms with Crippen molar-refractivity contribution in [3.8, 4) is 0 Å². The quantitative estimate of drug-likeness (QED) is 0.690. The van der Waals surface area contributed by atoms with Crippen molar-refractivity contribution in [3.63, 3.8) is 0 Å². The minimum Gasteiger partial charge on any atom is -0.464 e. The molecular formula is C10H9BrClFO3. The Hall–Kier alpha value is -0.650. The number of hydrogen-bond acceptors (Lipinski definition) is 3. The van der Waals surface area contributed by atoms with Crippen molar-refractivity contribution < 1.29 is 19.0 Å². The molecule has 0 aromatic heterocycles. The maximum Gasteiger partial charge on any atom is 0.339 e. The Morgan fingerprint density at radius 3 is 2.88 bits per heavy atom. The van der Waals surface area contributed by atoms with E-state index in [1.165, 1.54) is 6.07 Å². The van der Waals surface area contributed by atoms with Gasteiger partial charge in [-0.2, -0.15) is 0 Å². The molecule has 0 heterocycles. The molecule has 0 aliphatic carbocycles. The van der Waals surface area contributed by atoms with E-state index in [0.717, 1.165) is 6.07 Å². The second-order valence-electron chi connectivity index (χ2n) is 2.91. The van der Waals surface area contributed by atoms with E-state index in [-0.39, 0.29) is 17.2 Å². The van der Waals surface area contributed by atoms with Gasteiger partial charge in [0.2, 0.25) is 0 Å². The number of rotatable bonds is 3. The highest BCUT2D eigenvalue weighted by molar-refractivity contribution is 9.10. The van der Waals surface area contributed by atoms with Crippen molar-refractivity contribution in [3.05, 3.63) is 33.0 Å². The summed E-state index contributed by atoms with van der Waals surface area (Å²) in [5.74, 6) is -1.69. The predicted molar refractivity (Wildman–Crippen MR) is 60.7 cm³/mol. The first-order valence-electron chi connectivity index (χ1n) is 4.47. The molecule has 0 aliphatic rings. The predicted octanol–water partition coefficient (Wildman–Crippen LogP) is 2.84. The van der Waals surface area contributed by atoms with E-state index in [1.807, 2.05) is 0 Å². The Balaban J connectivity index is 3.12. The normalized spacial score (nSPS) is 12.3. The van der Waals surface area contributed by atoms with Crippen molar-refractivity contribution in [1.29, 1.82) is 0 Å². The molecule has 3 nitrogen and oxygen atoms in total. The summed E-state index contributed by atoms with van der Waals surface area (Å²) in [4.78, 5) is 11.2. The number of ether oxygens (including phenoxy) is 1. The lowest BCUT2D eigenvalue weighted by atomic mass is 10.1. The van der Waals surface area contributed by atoms with Crippen LogP contribution in [0, 0.1) is 5.82 Å². The van der Waals surface area contributed by atoms with Crippen molar-refractivity contribution in [1.82, 2.24) is 0 Å². The van der Waals surface area contributed by atoms with E-state index in [9.17, 15) is 14.3 Å². The third-order valence-corrected chi connectivity index (χ3v) is 3.16. The first kappa shape index (κ1) is 13.4. The molecule has 6 heteroatoms. The van der Waals surface area contributed by atoms with E-state index >= 15 is 0 Å². The number of benzene rings is 1. The van der Waals surface area contributed by atoms with Gasteiger partial charge < -0.3 is 9.84 Å². The fraction of sp³-hybridized carbons (Fsp3) is 0.300. The molecule has 0 aliphatic heterocycles. The molecule has 88 valence electrons. The van der Waals surface area contributed by atoms with Crippen LogP contribution in [0.1, 0.15) is 18.6 Å². The van der Waals surface area contributed by atoms with Crippen LogP contribution in [0.3, 0.4) is 0 Å². The molecule has 0 spiro atoms. The molecule has 1 unspecified atom stereocenters. The van der Waals surface area contributed by atoms with Crippen LogP contribution in [0.2, 0.25) is 5.02 Å². The smallest absolute Gasteiger partial charge is 0.339 e. The van der Waals surface area contributed by atoms with Crippen molar-refractivity contribution in [2.75, 3.05) is 6.61 Å². The lowest BCUT2D eigenvalue weighted by Gasteiger charge is -2.13. The molecule has 0 amide bonds. The van der Waals surface area contributed by atoms with Gasteiger partial charge in [-0.3, -0.25) is 0 Å². The van der Waals surface area contributed by atoms with Crippen LogP contribution >= 0.6 is 27.5 Å². The lowest BCUT2D eigenvalue weighted by Crippen LogP contribution is -2.17. The molecule has 0 bridgehead atoms. The zero-order valence-electron chi connectivity index (χ0n) is 8.34. The summed E-state index contributed by atoms with van der Waals surface area (Å²) in [7, 11) is 0. The number of halogens is 3. The van der Waals surface area contributed by atoms with Gasteiger partial charge in [0.1, 0.15) is 5.82 Å². The zero-order valence-corrected chi connectivity index (χ0v) is 10.7. The summed E-state index contributed by atoms with van der Waals surface area (Å²) in [6.07, 6.45) is -1.72. The summed E-state index contributed by atoms with van der Waals surface area (Å²) in [5.41, 5.74) is -0.283. The topological polar surface area (TPSA) is 46.5 Å². The summed E-state index contributed by atoms with van der Waals surface area (Å²) in [5, 5.41) is 9.55. The fourth-order valence-corrected chi connectivity index (χ4v) is 1.73. The maximum atomic E-state index is 13.4. The SMILES string of the molecule is CCOC(=O)C(O)c1c(F)ccc(Br)c1Cl. The molecule has 0 saturated carbocycles. The van der Waals surface area contributed by atoms with Gasteiger partial charge in [0.25, 0.3) is 0 Å². The van der Waals surface area contributed by atoms with Crippen LogP contribution in [-0.2, 0) is 9.53 Å². The van der Waals surface area contributed by atoms with Crippen LogP contribution in [0.15, 0.2) is 16.6 Å². The van der Waals surface area contributed by atoms with E-state index in [0.29, 0.717) is 4.47 Å². The van der Waals surface area contributed by atoms with Gasteiger partial charge in [0.05, 0.1) is 11.6 Å². The average molecular weight is 312 g/mol. The molecule has 0 radical (unpaired) electrons. The van der Waals surface area contributed by atoms with Crippen LogP contribution < -0.4 is 0 Å². The second-order valence-corrected chi connectivity index (χ2v) is 4.14. The molecule has 1 aromatic rings. The summed E-state index contributed by atoms with van der Waals surface area (Å²) in [6.45, 7) is 1.69. The standard InChI is InChI=1S/C10H9BrClFO3/c1-2-16-10(15)9(14)7-6(13)4-3-5(11)8(7)12/h3-4,9,14H,2H2,1H3. The number of hydrogen-bond donors (Lipinski definition) is 1. The Bertz CT molecular complexity index is 411. The summed E-state index contributed by atoms with van der Waals surface area (Å²) in [6, 6.07) is 2.49. The van der Waals surface area contributed by atoms with Gasteiger partial charge in [-0.25, -0.2) is 9.18 Å². The van der Waals surface area contributed by atoms with E-state index in [4.69, 9.17) is 11.6 Å². The van der Waals surface area contributed by atoms with Gasteiger partial charge in [-0.1, -0.05) is 11.6 Å². The Morgan fingerprint density at radius 1 is 1.69 bits per heavy atom. The first-order chi connectivity index (χ1) is 7.49. The van der Waals surface area contributed by atoms with Gasteiger partial charge in [0.15, 0.2) is 6.10 Å². The van der Waals surface area contributed by atoms with Crippen LogP contribution in [0.25, 0.3) is 0 Å². The number of carbonyl (C=O) groups excluding carboxylic acids is 1. The van der Waals surface area contributed by atoms with Gasteiger partial charge >= 0.3 is 5.97 Å². The van der Waals surface area contributed by atoms with E-state index in [1.54, 1.807) is 6.92 Å². The second kappa shape index (κ2) is 5.61. The largest absolute Gasteiger partial charge is 0.464 e. The van der Waals surface area contributed by atoms with Gasteiger partial charge in [0, 0.05) is 10.0 Å². The molecule has 1 atom stereocenters. The molecule has 1 rings (SSSR count). The highest BCUT2D eigenvalue weighted by atomic mass is 79.9. The van der Waals surface area contributed by atoms with Crippen LogP contribution in [0.5, 0.6) is 0 Å². The van der Waals surface area contributed by atoms with Crippen LogP contribution in [0.4, 0.5) is 4.39 Å². The molecule has 1 aromatic carbocycles. The Labute approximate surface area is 105 Å². The van der Waals surface area contributed by atoms with Gasteiger partial charge in [-0.15, -0.1) is 0 Å². The highest BCUT2D eigenvalue weighted by Crippen LogP contribution is 2.32. The Morgan fingerprint density at radius 2 is 2.31 bits per heavy atom. The van der Waals surface area contributed by atoms with Crippen molar-refractivity contribution in [2.45, 2.75) is 13.0 Å². The molecule has 1 N–H and O–H groups in total. The number of aliphatic hydroxyl groups is 1. The number of aliphatic hydroxyl groups excluding tert-OH is 1. The molecule has 0 fully saturated rings. The molecular weight excluding hydrogens is 302 g/mol. The van der Waals surface area contributed by atoms with Gasteiger partial charge in [-0.05, 0) is 35.0 Å². The Kier molecular flexibility index (Phi) is 4.70. The van der Waals surface area contributed by atoms with E-state index < -0.39 is 17.9 Å². The average Bonchev–Trinajstić information content (AvgIpc) is 2.24. The molecule has 0 saturated heterocycles. The van der Waals surface area contributed by atoms with Crippen molar-refractivity contribution >= 4 is 33.5 Å². The third kappa shape index (κ3) is 2.72. The number of esters is 1. The first-order valence-corrected chi connectivity index (χ1v) is 5.64. The maximum absolute atomic E-state index is 13.4.